The van der Waals surface area contributed by atoms with Gasteiger partial charge in [-0.2, -0.15) is 0 Å². The van der Waals surface area contributed by atoms with Gasteiger partial charge in [0.1, 0.15) is 5.78 Å². The smallest absolute Gasteiger partial charge is 0.142 e. The minimum Gasteiger partial charge on any atom is -0.299 e. The molecule has 0 aromatic carbocycles. The Morgan fingerprint density at radius 1 is 1.42 bits per heavy atom. The summed E-state index contributed by atoms with van der Waals surface area (Å²) in [6, 6.07) is 0. The van der Waals surface area contributed by atoms with E-state index in [9.17, 15) is 9.00 Å². The van der Waals surface area contributed by atoms with Crippen LogP contribution in [-0.2, 0) is 15.6 Å². The van der Waals surface area contributed by atoms with Crippen LogP contribution in [0.5, 0.6) is 0 Å². The summed E-state index contributed by atoms with van der Waals surface area (Å²) < 4.78 is 11.3. The van der Waals surface area contributed by atoms with Crippen LogP contribution in [0.25, 0.3) is 0 Å². The molecule has 2 nitrogen and oxygen atoms in total. The number of hydrogen-bond donors (Lipinski definition) is 0. The lowest BCUT2D eigenvalue weighted by molar-refractivity contribution is -0.114. The molecular formula is C9H16O2S. The van der Waals surface area contributed by atoms with Crippen LogP contribution < -0.4 is 0 Å². The van der Waals surface area contributed by atoms with E-state index in [0.717, 1.165) is 5.75 Å². The van der Waals surface area contributed by atoms with Crippen LogP contribution in [-0.4, -0.2) is 21.5 Å². The van der Waals surface area contributed by atoms with E-state index in [2.05, 4.69) is 0 Å². The molecule has 1 unspecified atom stereocenters. The van der Waals surface area contributed by atoms with Crippen molar-refractivity contribution in [2.75, 3.05) is 11.5 Å². The second-order valence-electron chi connectivity index (χ2n) is 3.60. The Labute approximate surface area is 76.2 Å². The van der Waals surface area contributed by atoms with Crippen LogP contribution in [0, 0.1) is 5.92 Å². The maximum absolute atomic E-state index is 11.3. The highest BCUT2D eigenvalue weighted by molar-refractivity contribution is 7.85. The summed E-state index contributed by atoms with van der Waals surface area (Å²) >= 11 is 0. The number of carbonyl (C=O) groups is 1. The molecule has 1 atom stereocenters. The first-order chi connectivity index (χ1) is 5.68. The molecule has 0 N–H and O–H groups in total. The van der Waals surface area contributed by atoms with Gasteiger partial charge < -0.3 is 0 Å². The van der Waals surface area contributed by atoms with Gasteiger partial charge in [0.25, 0.3) is 0 Å². The second kappa shape index (κ2) is 4.75. The number of hydrogen-bond acceptors (Lipinski definition) is 2. The Hall–Kier alpha value is -0.180. The monoisotopic (exact) mass is 188 g/mol. The quantitative estimate of drug-likeness (QED) is 0.670. The number of ketones is 1. The van der Waals surface area contributed by atoms with Gasteiger partial charge in [-0.15, -0.1) is 0 Å². The zero-order chi connectivity index (χ0) is 8.97. The number of Topliss-reactive ketones (excluding diaryl/α,β-unsaturated/α-hetero) is 1. The zero-order valence-electron chi connectivity index (χ0n) is 7.54. The Morgan fingerprint density at radius 3 is 2.50 bits per heavy atom. The molecule has 0 bridgehead atoms. The summed E-state index contributed by atoms with van der Waals surface area (Å²) in [4.78, 5) is 10.6. The van der Waals surface area contributed by atoms with E-state index in [0.29, 0.717) is 5.92 Å². The molecule has 0 radical (unpaired) electrons. The second-order valence-corrected chi connectivity index (χ2v) is 5.10. The van der Waals surface area contributed by atoms with Crippen molar-refractivity contribution in [3.8, 4) is 0 Å². The van der Waals surface area contributed by atoms with Gasteiger partial charge in [0.2, 0.25) is 0 Å². The fourth-order valence-corrected chi connectivity index (χ4v) is 3.16. The van der Waals surface area contributed by atoms with Gasteiger partial charge >= 0.3 is 0 Å². The van der Waals surface area contributed by atoms with Crippen molar-refractivity contribution in [2.45, 2.75) is 32.6 Å². The topological polar surface area (TPSA) is 34.1 Å². The van der Waals surface area contributed by atoms with Crippen molar-refractivity contribution in [1.82, 2.24) is 0 Å². The van der Waals surface area contributed by atoms with E-state index in [4.69, 9.17) is 0 Å². The molecule has 0 aliphatic heterocycles. The highest BCUT2D eigenvalue weighted by atomic mass is 32.2. The molecule has 0 aromatic heterocycles. The van der Waals surface area contributed by atoms with Crippen molar-refractivity contribution in [2.24, 2.45) is 5.92 Å². The number of carbonyl (C=O) groups excluding carboxylic acids is 1. The Morgan fingerprint density at radius 2 is 2.00 bits per heavy atom. The Kier molecular flexibility index (Phi) is 3.92. The van der Waals surface area contributed by atoms with Crippen LogP contribution in [0.1, 0.15) is 32.6 Å². The first-order valence-electron chi connectivity index (χ1n) is 4.53. The van der Waals surface area contributed by atoms with Crippen molar-refractivity contribution in [3.63, 3.8) is 0 Å². The minimum atomic E-state index is -0.890. The summed E-state index contributed by atoms with van der Waals surface area (Å²) in [5.74, 6) is 1.69. The normalized spacial score (nSPS) is 21.1. The van der Waals surface area contributed by atoms with Crippen molar-refractivity contribution in [1.29, 1.82) is 0 Å². The van der Waals surface area contributed by atoms with E-state index >= 15 is 0 Å². The van der Waals surface area contributed by atoms with Crippen LogP contribution >= 0.6 is 0 Å². The molecule has 1 fully saturated rings. The van der Waals surface area contributed by atoms with E-state index in [1.807, 2.05) is 0 Å². The number of rotatable bonds is 4. The molecule has 1 rings (SSSR count). The Bertz CT molecular complexity index is 183. The third kappa shape index (κ3) is 3.48. The molecule has 3 heteroatoms. The van der Waals surface area contributed by atoms with Gasteiger partial charge in [-0.1, -0.05) is 12.8 Å². The first-order valence-corrected chi connectivity index (χ1v) is 6.01. The van der Waals surface area contributed by atoms with Crippen LogP contribution in [0.4, 0.5) is 0 Å². The first kappa shape index (κ1) is 9.90. The highest BCUT2D eigenvalue weighted by Crippen LogP contribution is 2.25. The molecular weight excluding hydrogens is 172 g/mol. The third-order valence-corrected chi connectivity index (χ3v) is 3.83. The van der Waals surface area contributed by atoms with Gasteiger partial charge in [0.05, 0.1) is 5.75 Å². The fraction of sp³-hybridized carbons (Fsp3) is 0.889. The van der Waals surface area contributed by atoms with E-state index in [1.165, 1.54) is 32.6 Å². The SMILES string of the molecule is CC(=O)CS(=O)CC1CCCC1. The summed E-state index contributed by atoms with van der Waals surface area (Å²) in [5.41, 5.74) is 0. The molecule has 1 aliphatic carbocycles. The van der Waals surface area contributed by atoms with Crippen molar-refractivity contribution in [3.05, 3.63) is 0 Å². The molecule has 1 aliphatic rings. The van der Waals surface area contributed by atoms with Crippen molar-refractivity contribution < 1.29 is 9.00 Å². The molecule has 0 amide bonds. The summed E-state index contributed by atoms with van der Waals surface area (Å²) in [6.07, 6.45) is 4.98. The van der Waals surface area contributed by atoms with Gasteiger partial charge in [-0.25, -0.2) is 0 Å². The summed E-state index contributed by atoms with van der Waals surface area (Å²) in [6.45, 7) is 1.51. The lowest BCUT2D eigenvalue weighted by atomic mass is 10.1. The van der Waals surface area contributed by atoms with E-state index in [1.54, 1.807) is 0 Å². The van der Waals surface area contributed by atoms with Gasteiger partial charge in [-0.3, -0.25) is 9.00 Å². The van der Waals surface area contributed by atoms with Crippen LogP contribution in [0.3, 0.4) is 0 Å². The molecule has 0 spiro atoms. The van der Waals surface area contributed by atoms with Gasteiger partial charge in [-0.05, 0) is 25.7 Å². The van der Waals surface area contributed by atoms with Gasteiger partial charge in [0, 0.05) is 16.6 Å². The third-order valence-electron chi connectivity index (χ3n) is 2.26. The lowest BCUT2D eigenvalue weighted by Gasteiger charge is -2.06. The maximum atomic E-state index is 11.3. The van der Waals surface area contributed by atoms with E-state index < -0.39 is 10.8 Å². The predicted molar refractivity (Wildman–Crippen MR) is 50.5 cm³/mol. The molecule has 1 saturated carbocycles. The molecule has 0 aromatic rings. The molecule has 70 valence electrons. The van der Waals surface area contributed by atoms with E-state index in [-0.39, 0.29) is 11.5 Å². The Balaban J connectivity index is 2.20. The lowest BCUT2D eigenvalue weighted by Crippen LogP contribution is -2.14. The highest BCUT2D eigenvalue weighted by Gasteiger charge is 2.17. The van der Waals surface area contributed by atoms with Crippen molar-refractivity contribution >= 4 is 16.6 Å². The summed E-state index contributed by atoms with van der Waals surface area (Å²) in [5, 5.41) is 0. The average Bonchev–Trinajstić information content (AvgIpc) is 2.37. The molecule has 12 heavy (non-hydrogen) atoms. The van der Waals surface area contributed by atoms with Crippen LogP contribution in [0.15, 0.2) is 0 Å². The standard InChI is InChI=1S/C9H16O2S/c1-8(10)6-12(11)7-9-4-2-3-5-9/h9H,2-7H2,1H3. The maximum Gasteiger partial charge on any atom is 0.142 e. The van der Waals surface area contributed by atoms with Gasteiger partial charge in [0.15, 0.2) is 0 Å². The van der Waals surface area contributed by atoms with Crippen LogP contribution in [0.2, 0.25) is 0 Å². The molecule has 0 heterocycles. The average molecular weight is 188 g/mol. The largest absolute Gasteiger partial charge is 0.299 e. The predicted octanol–water partition coefficient (Wildman–Crippen LogP) is 1.51. The zero-order valence-corrected chi connectivity index (χ0v) is 8.36. The summed E-state index contributed by atoms with van der Waals surface area (Å²) in [7, 11) is -0.890. The fourth-order valence-electron chi connectivity index (χ4n) is 1.73. The minimum absolute atomic E-state index is 0.0475. The molecule has 0 saturated heterocycles.